The van der Waals surface area contributed by atoms with Gasteiger partial charge in [0.25, 0.3) is 0 Å². The van der Waals surface area contributed by atoms with Gasteiger partial charge in [-0.15, -0.1) is 12.4 Å². The molecule has 0 saturated carbocycles. The van der Waals surface area contributed by atoms with Gasteiger partial charge in [0.15, 0.2) is 0 Å². The number of benzene rings is 1. The van der Waals surface area contributed by atoms with Gasteiger partial charge in [-0.2, -0.15) is 0 Å². The summed E-state index contributed by atoms with van der Waals surface area (Å²) >= 11 is 0. The molecular weight excluding hydrogens is 312 g/mol. The molecule has 1 aliphatic rings. The Kier molecular flexibility index (Phi) is 7.45. The van der Waals surface area contributed by atoms with Gasteiger partial charge in [-0.05, 0) is 49.5 Å². The summed E-state index contributed by atoms with van der Waals surface area (Å²) in [5.41, 5.74) is 0.736. The van der Waals surface area contributed by atoms with E-state index in [4.69, 9.17) is 4.74 Å². The number of nitrogens with one attached hydrogen (secondary N) is 2. The van der Waals surface area contributed by atoms with E-state index in [0.717, 1.165) is 31.5 Å². The molecule has 7 heteroatoms. The van der Waals surface area contributed by atoms with Crippen molar-refractivity contribution >= 4 is 22.4 Å². The Balaban J connectivity index is 0.00000220. The van der Waals surface area contributed by atoms with Crippen LogP contribution in [0.3, 0.4) is 0 Å². The third-order valence-corrected chi connectivity index (χ3v) is 4.89. The molecule has 5 nitrogen and oxygen atoms in total. The molecule has 0 radical (unpaired) electrons. The zero-order chi connectivity index (χ0) is 14.4. The fourth-order valence-electron chi connectivity index (χ4n) is 2.41. The molecule has 1 fully saturated rings. The van der Waals surface area contributed by atoms with Crippen LogP contribution in [-0.4, -0.2) is 35.2 Å². The molecule has 0 amide bonds. The Morgan fingerprint density at radius 3 is 2.90 bits per heavy atom. The van der Waals surface area contributed by atoms with Crippen LogP contribution in [0.25, 0.3) is 0 Å². The van der Waals surface area contributed by atoms with Crippen molar-refractivity contribution in [3.63, 3.8) is 0 Å². The molecule has 1 aromatic rings. The average molecular weight is 335 g/mol. The topological polar surface area (TPSA) is 67.4 Å². The van der Waals surface area contributed by atoms with Crippen molar-refractivity contribution in [1.29, 1.82) is 0 Å². The standard InChI is InChI=1S/C14H22N2O3S.ClH/c1-19-14-4-2-3-13(9-14)11-20(17,18)16-8-6-12-5-7-15-10-12;/h2-4,9,12,15-16H,5-8,10-11H2,1H3;1H. The highest BCUT2D eigenvalue weighted by Crippen LogP contribution is 2.15. The largest absolute Gasteiger partial charge is 0.497 e. The minimum absolute atomic E-state index is 0. The summed E-state index contributed by atoms with van der Waals surface area (Å²) in [5, 5.41) is 3.28. The van der Waals surface area contributed by atoms with Gasteiger partial charge in [0.1, 0.15) is 5.75 Å². The molecule has 1 aromatic carbocycles. The van der Waals surface area contributed by atoms with Crippen LogP contribution in [0.15, 0.2) is 24.3 Å². The number of ether oxygens (including phenoxy) is 1. The first kappa shape index (κ1) is 18.2. The normalized spacial score (nSPS) is 18.2. The molecular formula is C14H23ClN2O3S. The van der Waals surface area contributed by atoms with Crippen molar-refractivity contribution < 1.29 is 13.2 Å². The van der Waals surface area contributed by atoms with Crippen LogP contribution in [-0.2, 0) is 15.8 Å². The minimum atomic E-state index is -3.28. The molecule has 1 unspecified atom stereocenters. The quantitative estimate of drug-likeness (QED) is 0.793. The second kappa shape index (κ2) is 8.58. The Labute approximate surface area is 132 Å². The van der Waals surface area contributed by atoms with Gasteiger partial charge in [-0.25, -0.2) is 13.1 Å². The fraction of sp³-hybridized carbons (Fsp3) is 0.571. The molecule has 0 aromatic heterocycles. The van der Waals surface area contributed by atoms with Crippen molar-refractivity contribution in [2.75, 3.05) is 26.7 Å². The first-order valence-corrected chi connectivity index (χ1v) is 8.55. The molecule has 1 atom stereocenters. The van der Waals surface area contributed by atoms with E-state index in [9.17, 15) is 8.42 Å². The van der Waals surface area contributed by atoms with Crippen LogP contribution < -0.4 is 14.8 Å². The van der Waals surface area contributed by atoms with Gasteiger partial charge in [0.05, 0.1) is 12.9 Å². The maximum Gasteiger partial charge on any atom is 0.215 e. The van der Waals surface area contributed by atoms with Gasteiger partial charge in [-0.3, -0.25) is 0 Å². The van der Waals surface area contributed by atoms with Crippen LogP contribution in [0.2, 0.25) is 0 Å². The van der Waals surface area contributed by atoms with E-state index >= 15 is 0 Å². The van der Waals surface area contributed by atoms with Crippen LogP contribution in [0, 0.1) is 5.92 Å². The van der Waals surface area contributed by atoms with Crippen LogP contribution in [0.1, 0.15) is 18.4 Å². The van der Waals surface area contributed by atoms with E-state index in [0.29, 0.717) is 18.2 Å². The van der Waals surface area contributed by atoms with Crippen molar-refractivity contribution in [2.24, 2.45) is 5.92 Å². The fourth-order valence-corrected chi connectivity index (χ4v) is 3.56. The summed E-state index contributed by atoms with van der Waals surface area (Å²) in [4.78, 5) is 0. The van der Waals surface area contributed by atoms with E-state index in [1.54, 1.807) is 31.4 Å². The highest BCUT2D eigenvalue weighted by Gasteiger charge is 2.16. The number of sulfonamides is 1. The van der Waals surface area contributed by atoms with Crippen molar-refractivity contribution in [3.05, 3.63) is 29.8 Å². The van der Waals surface area contributed by atoms with E-state index in [2.05, 4.69) is 10.0 Å². The molecule has 2 N–H and O–H groups in total. The Hall–Kier alpha value is -0.820. The number of methoxy groups -OCH3 is 1. The predicted molar refractivity (Wildman–Crippen MR) is 86.5 cm³/mol. The first-order chi connectivity index (χ1) is 9.59. The highest BCUT2D eigenvalue weighted by atomic mass is 35.5. The summed E-state index contributed by atoms with van der Waals surface area (Å²) in [7, 11) is -1.71. The predicted octanol–water partition coefficient (Wildman–Crippen LogP) is 1.54. The molecule has 2 rings (SSSR count). The molecule has 1 aliphatic heterocycles. The number of hydrogen-bond donors (Lipinski definition) is 2. The first-order valence-electron chi connectivity index (χ1n) is 6.90. The van der Waals surface area contributed by atoms with Crippen LogP contribution in [0.4, 0.5) is 0 Å². The second-order valence-electron chi connectivity index (χ2n) is 5.15. The highest BCUT2D eigenvalue weighted by molar-refractivity contribution is 7.88. The molecule has 0 bridgehead atoms. The molecule has 0 aliphatic carbocycles. The van der Waals surface area contributed by atoms with Gasteiger partial charge >= 0.3 is 0 Å². The third kappa shape index (κ3) is 6.22. The molecule has 1 heterocycles. The van der Waals surface area contributed by atoms with Crippen molar-refractivity contribution in [3.8, 4) is 5.75 Å². The van der Waals surface area contributed by atoms with Crippen LogP contribution >= 0.6 is 12.4 Å². The van der Waals surface area contributed by atoms with Gasteiger partial charge in [-0.1, -0.05) is 12.1 Å². The number of halogens is 1. The van der Waals surface area contributed by atoms with Gasteiger partial charge < -0.3 is 10.1 Å². The SMILES string of the molecule is COc1cccc(CS(=O)(=O)NCCC2CCNC2)c1.Cl. The zero-order valence-electron chi connectivity index (χ0n) is 12.2. The summed E-state index contributed by atoms with van der Waals surface area (Å²) in [6, 6.07) is 7.15. The van der Waals surface area contributed by atoms with Crippen LogP contribution in [0.5, 0.6) is 5.75 Å². The number of hydrogen-bond acceptors (Lipinski definition) is 4. The summed E-state index contributed by atoms with van der Waals surface area (Å²) in [5.74, 6) is 1.26. The molecule has 1 saturated heterocycles. The van der Waals surface area contributed by atoms with Gasteiger partial charge in [0.2, 0.25) is 10.0 Å². The van der Waals surface area contributed by atoms with E-state index < -0.39 is 10.0 Å². The lowest BCUT2D eigenvalue weighted by Crippen LogP contribution is -2.27. The van der Waals surface area contributed by atoms with E-state index in [1.165, 1.54) is 0 Å². The maximum atomic E-state index is 12.0. The lowest BCUT2D eigenvalue weighted by atomic mass is 10.1. The molecule has 21 heavy (non-hydrogen) atoms. The molecule has 0 spiro atoms. The van der Waals surface area contributed by atoms with Crippen molar-refractivity contribution in [1.82, 2.24) is 10.0 Å². The van der Waals surface area contributed by atoms with Gasteiger partial charge in [0, 0.05) is 6.54 Å². The maximum absolute atomic E-state index is 12.0. The lowest BCUT2D eigenvalue weighted by molar-refractivity contribution is 0.414. The second-order valence-corrected chi connectivity index (χ2v) is 6.96. The smallest absolute Gasteiger partial charge is 0.215 e. The monoisotopic (exact) mass is 334 g/mol. The minimum Gasteiger partial charge on any atom is -0.497 e. The summed E-state index contributed by atoms with van der Waals surface area (Å²) < 4.78 is 31.8. The summed E-state index contributed by atoms with van der Waals surface area (Å²) in [6.45, 7) is 2.55. The Morgan fingerprint density at radius 1 is 1.43 bits per heavy atom. The zero-order valence-corrected chi connectivity index (χ0v) is 13.8. The average Bonchev–Trinajstić information content (AvgIpc) is 2.91. The Morgan fingerprint density at radius 2 is 2.24 bits per heavy atom. The Bertz CT molecular complexity index is 531. The number of rotatable bonds is 7. The van der Waals surface area contributed by atoms with Crippen molar-refractivity contribution in [2.45, 2.75) is 18.6 Å². The summed E-state index contributed by atoms with van der Waals surface area (Å²) in [6.07, 6.45) is 2.03. The van der Waals surface area contributed by atoms with E-state index in [1.807, 2.05) is 0 Å². The third-order valence-electron chi connectivity index (χ3n) is 3.53. The van der Waals surface area contributed by atoms with E-state index in [-0.39, 0.29) is 18.2 Å². The molecule has 120 valence electrons. The lowest BCUT2D eigenvalue weighted by Gasteiger charge is -2.10.